The summed E-state index contributed by atoms with van der Waals surface area (Å²) in [7, 11) is 0. The molecule has 0 amide bonds. The fourth-order valence-electron chi connectivity index (χ4n) is 2.92. The number of hydrogen-bond acceptors (Lipinski definition) is 4. The van der Waals surface area contributed by atoms with E-state index in [9.17, 15) is 10.1 Å². The van der Waals surface area contributed by atoms with Crippen molar-refractivity contribution in [2.24, 2.45) is 0 Å². The average Bonchev–Trinajstić information content (AvgIpc) is 3.03. The van der Waals surface area contributed by atoms with E-state index in [1.54, 1.807) is 0 Å². The molecule has 2 aromatic heterocycles. The maximum Gasteiger partial charge on any atom is 0.284 e. The Labute approximate surface area is 139 Å². The van der Waals surface area contributed by atoms with Gasteiger partial charge in [0.25, 0.3) is 5.56 Å². The number of nitriles is 1. The van der Waals surface area contributed by atoms with Crippen LogP contribution in [0, 0.1) is 11.3 Å². The topological polar surface area (TPSA) is 87.4 Å². The minimum atomic E-state index is -0.317. The van der Waals surface area contributed by atoms with E-state index < -0.39 is 0 Å². The number of H-pyrrole nitrogens is 1. The highest BCUT2D eigenvalue weighted by molar-refractivity contribution is 5.74. The summed E-state index contributed by atoms with van der Waals surface area (Å²) in [5.74, 6) is 0.807. The molecule has 0 aliphatic heterocycles. The van der Waals surface area contributed by atoms with Gasteiger partial charge in [0, 0.05) is 6.42 Å². The number of hydrogen-bond donors (Lipinski definition) is 1. The van der Waals surface area contributed by atoms with Gasteiger partial charge in [-0.3, -0.25) is 4.79 Å². The molecule has 0 saturated heterocycles. The first-order valence-corrected chi connectivity index (χ1v) is 8.14. The number of aryl methyl sites for hydroxylation is 3. The predicted octanol–water partition coefficient (Wildman–Crippen LogP) is 2.36. The largest absolute Gasteiger partial charge is 0.342 e. The van der Waals surface area contributed by atoms with E-state index in [1.807, 2.05) is 38.1 Å². The molecule has 0 aliphatic rings. The summed E-state index contributed by atoms with van der Waals surface area (Å²) >= 11 is 0. The second-order valence-electron chi connectivity index (χ2n) is 5.60. The molecule has 6 nitrogen and oxygen atoms in total. The first-order valence-electron chi connectivity index (χ1n) is 8.14. The fourth-order valence-corrected chi connectivity index (χ4v) is 2.92. The van der Waals surface area contributed by atoms with Crippen LogP contribution in [0.5, 0.6) is 0 Å². The van der Waals surface area contributed by atoms with Crippen molar-refractivity contribution in [1.29, 1.82) is 5.26 Å². The second-order valence-corrected chi connectivity index (χ2v) is 5.60. The van der Waals surface area contributed by atoms with Gasteiger partial charge in [-0.15, -0.1) is 0 Å². The summed E-state index contributed by atoms with van der Waals surface area (Å²) < 4.78 is 1.39. The van der Waals surface area contributed by atoms with E-state index in [0.717, 1.165) is 28.1 Å². The summed E-state index contributed by atoms with van der Waals surface area (Å²) in [6.07, 6.45) is 1.89. The van der Waals surface area contributed by atoms with Crippen LogP contribution in [0.4, 0.5) is 0 Å². The third-order valence-corrected chi connectivity index (χ3v) is 4.14. The lowest BCUT2D eigenvalue weighted by Gasteiger charge is -2.11. The number of fused-ring (bicyclic) bond motifs is 1. The standard InChI is InChI=1S/C18H19N5O/c1-3-12-13(11-19)18(24)23(22-14(12)4-2)10-9-17-20-15-7-5-6-8-16(15)21-17/h5-8H,3-4,9-10H2,1-2H3,(H,20,21). The van der Waals surface area contributed by atoms with Crippen molar-refractivity contribution in [2.75, 3.05) is 0 Å². The molecule has 0 radical (unpaired) electrons. The summed E-state index contributed by atoms with van der Waals surface area (Å²) in [5, 5.41) is 13.8. The first-order chi connectivity index (χ1) is 11.7. The molecular formula is C18H19N5O. The molecule has 3 aromatic rings. The number of rotatable bonds is 5. The Morgan fingerprint density at radius 3 is 2.71 bits per heavy atom. The molecule has 1 N–H and O–H groups in total. The predicted molar refractivity (Wildman–Crippen MR) is 91.8 cm³/mol. The molecule has 24 heavy (non-hydrogen) atoms. The molecule has 2 heterocycles. The van der Waals surface area contributed by atoms with Gasteiger partial charge in [-0.2, -0.15) is 10.4 Å². The molecule has 0 saturated carbocycles. The van der Waals surface area contributed by atoms with Crippen molar-refractivity contribution >= 4 is 11.0 Å². The monoisotopic (exact) mass is 321 g/mol. The van der Waals surface area contributed by atoms with Gasteiger partial charge in [0.05, 0.1) is 23.3 Å². The maximum absolute atomic E-state index is 12.5. The van der Waals surface area contributed by atoms with Crippen LogP contribution in [0.2, 0.25) is 0 Å². The second kappa shape index (κ2) is 6.67. The third kappa shape index (κ3) is 2.81. The van der Waals surface area contributed by atoms with Crippen molar-refractivity contribution < 1.29 is 0 Å². The smallest absolute Gasteiger partial charge is 0.284 e. The third-order valence-electron chi connectivity index (χ3n) is 4.14. The van der Waals surface area contributed by atoms with Gasteiger partial charge in [0.15, 0.2) is 0 Å². The zero-order valence-corrected chi connectivity index (χ0v) is 13.8. The summed E-state index contributed by atoms with van der Waals surface area (Å²) in [4.78, 5) is 20.2. The number of imidazole rings is 1. The normalized spacial score (nSPS) is 10.9. The lowest BCUT2D eigenvalue weighted by atomic mass is 10.0. The molecule has 6 heteroatoms. The van der Waals surface area contributed by atoms with E-state index in [2.05, 4.69) is 21.1 Å². The van der Waals surface area contributed by atoms with Gasteiger partial charge in [0.1, 0.15) is 17.5 Å². The van der Waals surface area contributed by atoms with Crippen LogP contribution in [0.3, 0.4) is 0 Å². The lowest BCUT2D eigenvalue weighted by Crippen LogP contribution is -2.29. The molecule has 0 unspecified atom stereocenters. The summed E-state index contributed by atoms with van der Waals surface area (Å²) in [6, 6.07) is 9.85. The van der Waals surface area contributed by atoms with Crippen LogP contribution in [0.1, 0.15) is 36.5 Å². The van der Waals surface area contributed by atoms with Crippen LogP contribution in [-0.2, 0) is 25.8 Å². The zero-order valence-electron chi connectivity index (χ0n) is 13.8. The number of aromatic amines is 1. The van der Waals surface area contributed by atoms with Crippen molar-refractivity contribution in [2.45, 2.75) is 39.7 Å². The quantitative estimate of drug-likeness (QED) is 0.781. The molecule has 1 aromatic carbocycles. The van der Waals surface area contributed by atoms with Gasteiger partial charge < -0.3 is 4.98 Å². The Morgan fingerprint density at radius 1 is 1.25 bits per heavy atom. The van der Waals surface area contributed by atoms with Crippen LogP contribution in [-0.4, -0.2) is 19.7 Å². The number of para-hydroxylation sites is 2. The van der Waals surface area contributed by atoms with Crippen LogP contribution >= 0.6 is 0 Å². The SMILES string of the molecule is CCc1nn(CCc2nc3ccccc3[nH]2)c(=O)c(C#N)c1CC. The molecule has 0 spiro atoms. The summed E-state index contributed by atoms with van der Waals surface area (Å²) in [6.45, 7) is 4.32. The lowest BCUT2D eigenvalue weighted by molar-refractivity contribution is 0.552. The average molecular weight is 321 g/mol. The number of aromatic nitrogens is 4. The Bertz CT molecular complexity index is 944. The van der Waals surface area contributed by atoms with E-state index in [-0.39, 0.29) is 11.1 Å². The van der Waals surface area contributed by atoms with Crippen LogP contribution in [0.25, 0.3) is 11.0 Å². The van der Waals surface area contributed by atoms with E-state index in [0.29, 0.717) is 25.8 Å². The van der Waals surface area contributed by atoms with Gasteiger partial charge in [0.2, 0.25) is 0 Å². The van der Waals surface area contributed by atoms with Gasteiger partial charge in [-0.25, -0.2) is 9.67 Å². The first kappa shape index (κ1) is 15.9. The Balaban J connectivity index is 1.92. The number of nitrogens with one attached hydrogen (secondary N) is 1. The molecule has 0 aliphatic carbocycles. The Kier molecular flexibility index (Phi) is 4.43. The highest BCUT2D eigenvalue weighted by Gasteiger charge is 2.15. The van der Waals surface area contributed by atoms with Gasteiger partial charge in [-0.1, -0.05) is 26.0 Å². The molecule has 3 rings (SSSR count). The molecule has 0 bridgehead atoms. The number of benzene rings is 1. The van der Waals surface area contributed by atoms with Crippen molar-refractivity contribution in [3.8, 4) is 6.07 Å². The zero-order chi connectivity index (χ0) is 17.1. The van der Waals surface area contributed by atoms with Crippen molar-refractivity contribution in [3.05, 3.63) is 57.3 Å². The summed E-state index contributed by atoms with van der Waals surface area (Å²) in [5.41, 5.74) is 3.36. The Hall–Kier alpha value is -2.94. The van der Waals surface area contributed by atoms with Crippen molar-refractivity contribution in [1.82, 2.24) is 19.7 Å². The maximum atomic E-state index is 12.5. The van der Waals surface area contributed by atoms with Gasteiger partial charge in [-0.05, 0) is 30.5 Å². The highest BCUT2D eigenvalue weighted by Crippen LogP contribution is 2.12. The molecule has 0 atom stereocenters. The van der Waals surface area contributed by atoms with Crippen LogP contribution < -0.4 is 5.56 Å². The van der Waals surface area contributed by atoms with E-state index in [4.69, 9.17) is 0 Å². The molecule has 0 fully saturated rings. The highest BCUT2D eigenvalue weighted by atomic mass is 16.1. The van der Waals surface area contributed by atoms with E-state index >= 15 is 0 Å². The van der Waals surface area contributed by atoms with E-state index in [1.165, 1.54) is 4.68 Å². The molecule has 122 valence electrons. The van der Waals surface area contributed by atoms with Crippen molar-refractivity contribution in [3.63, 3.8) is 0 Å². The number of nitrogens with zero attached hydrogens (tertiary/aromatic N) is 4. The van der Waals surface area contributed by atoms with Crippen LogP contribution in [0.15, 0.2) is 29.1 Å². The minimum absolute atomic E-state index is 0.217. The minimum Gasteiger partial charge on any atom is -0.342 e. The van der Waals surface area contributed by atoms with Gasteiger partial charge >= 0.3 is 0 Å². The fraction of sp³-hybridized carbons (Fsp3) is 0.333. The molecular weight excluding hydrogens is 302 g/mol. The Morgan fingerprint density at radius 2 is 2.04 bits per heavy atom.